The minimum absolute atomic E-state index is 0.0569. The lowest BCUT2D eigenvalue weighted by molar-refractivity contribution is 0.0128. The third-order valence-electron chi connectivity index (χ3n) is 5.68. The first-order chi connectivity index (χ1) is 10.2. The highest BCUT2D eigenvalue weighted by Gasteiger charge is 2.63. The Bertz CT molecular complexity index is 564. The van der Waals surface area contributed by atoms with Crippen LogP contribution in [0.2, 0.25) is 0 Å². The monoisotopic (exact) mass is 289 g/mol. The van der Waals surface area contributed by atoms with E-state index in [-0.39, 0.29) is 18.3 Å². The molecule has 0 aromatic carbocycles. The van der Waals surface area contributed by atoms with Gasteiger partial charge < -0.3 is 14.7 Å². The summed E-state index contributed by atoms with van der Waals surface area (Å²) < 4.78 is 6.26. The van der Waals surface area contributed by atoms with Crippen LogP contribution in [0.1, 0.15) is 31.0 Å². The highest BCUT2D eigenvalue weighted by atomic mass is 16.5. The molecule has 0 unspecified atom stereocenters. The Kier molecular flexibility index (Phi) is 2.98. The second kappa shape index (κ2) is 4.65. The normalized spacial score (nSPS) is 37.3. The quantitative estimate of drug-likeness (QED) is 0.909. The van der Waals surface area contributed by atoms with E-state index in [9.17, 15) is 5.11 Å². The topological polar surface area (TPSA) is 58.5 Å². The smallest absolute Gasteiger partial charge is 0.225 e. The number of aromatic nitrogens is 2. The molecule has 5 heteroatoms. The lowest BCUT2D eigenvalue weighted by Gasteiger charge is -2.27. The number of aryl methyl sites for hydroxylation is 2. The van der Waals surface area contributed by atoms with Crippen LogP contribution in [-0.2, 0) is 11.2 Å². The molecule has 3 fully saturated rings. The van der Waals surface area contributed by atoms with E-state index in [1.165, 1.54) is 0 Å². The highest BCUT2D eigenvalue weighted by Crippen LogP contribution is 2.54. The first-order valence-corrected chi connectivity index (χ1v) is 8.03. The van der Waals surface area contributed by atoms with Crippen molar-refractivity contribution in [2.45, 2.75) is 44.8 Å². The molecule has 1 spiro atoms. The molecule has 2 bridgehead atoms. The SMILES string of the molecule is CCc1nc(N2C[C@@H]3[C@H](CO)[C@H]4CC[C@]3(C2)O4)ncc1C. The van der Waals surface area contributed by atoms with E-state index in [4.69, 9.17) is 9.72 Å². The Labute approximate surface area is 125 Å². The zero-order chi connectivity index (χ0) is 14.6. The van der Waals surface area contributed by atoms with Crippen LogP contribution in [0.4, 0.5) is 5.95 Å². The van der Waals surface area contributed by atoms with E-state index in [0.29, 0.717) is 11.8 Å². The molecule has 0 amide bonds. The first kappa shape index (κ1) is 13.5. The lowest BCUT2D eigenvalue weighted by atomic mass is 9.74. The van der Waals surface area contributed by atoms with Gasteiger partial charge >= 0.3 is 0 Å². The van der Waals surface area contributed by atoms with Crippen LogP contribution in [0, 0.1) is 18.8 Å². The largest absolute Gasteiger partial charge is 0.396 e. The Morgan fingerprint density at radius 2 is 2.38 bits per heavy atom. The van der Waals surface area contributed by atoms with Gasteiger partial charge in [-0.1, -0.05) is 6.92 Å². The van der Waals surface area contributed by atoms with Gasteiger partial charge in [0.1, 0.15) is 0 Å². The summed E-state index contributed by atoms with van der Waals surface area (Å²) in [5, 5.41) is 9.68. The van der Waals surface area contributed by atoms with E-state index in [0.717, 1.165) is 49.6 Å². The van der Waals surface area contributed by atoms with Gasteiger partial charge in [-0.3, -0.25) is 0 Å². The first-order valence-electron chi connectivity index (χ1n) is 8.03. The average molecular weight is 289 g/mol. The zero-order valence-corrected chi connectivity index (χ0v) is 12.7. The zero-order valence-electron chi connectivity index (χ0n) is 12.7. The molecule has 4 atom stereocenters. The number of aliphatic hydroxyl groups excluding tert-OH is 1. The fourth-order valence-electron chi connectivity index (χ4n) is 4.56. The van der Waals surface area contributed by atoms with Gasteiger partial charge in [-0.05, 0) is 31.7 Å². The summed E-state index contributed by atoms with van der Waals surface area (Å²) in [6.07, 6.45) is 5.33. The van der Waals surface area contributed by atoms with Crippen molar-refractivity contribution in [2.75, 3.05) is 24.6 Å². The Balaban J connectivity index is 1.62. The minimum atomic E-state index is -0.0569. The van der Waals surface area contributed by atoms with Crippen LogP contribution < -0.4 is 4.90 Å². The van der Waals surface area contributed by atoms with Crippen molar-refractivity contribution in [3.63, 3.8) is 0 Å². The summed E-state index contributed by atoms with van der Waals surface area (Å²) in [4.78, 5) is 11.5. The van der Waals surface area contributed by atoms with Gasteiger partial charge in [-0.2, -0.15) is 0 Å². The summed E-state index contributed by atoms with van der Waals surface area (Å²) >= 11 is 0. The van der Waals surface area contributed by atoms with Gasteiger partial charge in [0.05, 0.1) is 18.2 Å². The van der Waals surface area contributed by atoms with E-state index >= 15 is 0 Å². The highest BCUT2D eigenvalue weighted by molar-refractivity contribution is 5.38. The van der Waals surface area contributed by atoms with Crippen LogP contribution in [0.3, 0.4) is 0 Å². The number of nitrogens with zero attached hydrogens (tertiary/aromatic N) is 3. The molecule has 0 radical (unpaired) electrons. The Morgan fingerprint density at radius 3 is 3.14 bits per heavy atom. The fraction of sp³-hybridized carbons (Fsp3) is 0.750. The third kappa shape index (κ3) is 1.83. The fourth-order valence-corrected chi connectivity index (χ4v) is 4.56. The molecule has 114 valence electrons. The molecule has 0 saturated carbocycles. The number of hydrogen-bond donors (Lipinski definition) is 1. The van der Waals surface area contributed by atoms with E-state index in [2.05, 4.69) is 23.7 Å². The molecule has 1 N–H and O–H groups in total. The van der Waals surface area contributed by atoms with Gasteiger partial charge in [-0.25, -0.2) is 9.97 Å². The van der Waals surface area contributed by atoms with Crippen molar-refractivity contribution < 1.29 is 9.84 Å². The van der Waals surface area contributed by atoms with Crippen molar-refractivity contribution in [2.24, 2.45) is 11.8 Å². The molecule has 4 heterocycles. The molecule has 3 aliphatic rings. The molecular formula is C16H23N3O2. The lowest BCUT2D eigenvalue weighted by Crippen LogP contribution is -2.37. The number of fused-ring (bicyclic) bond motifs is 1. The minimum Gasteiger partial charge on any atom is -0.396 e. The summed E-state index contributed by atoms with van der Waals surface area (Å²) in [5.74, 6) is 1.54. The second-order valence-corrected chi connectivity index (χ2v) is 6.75. The number of aliphatic hydroxyl groups is 1. The third-order valence-corrected chi connectivity index (χ3v) is 5.68. The Hall–Kier alpha value is -1.20. The summed E-state index contributed by atoms with van der Waals surface area (Å²) in [6.45, 7) is 6.21. The van der Waals surface area contributed by atoms with Crippen molar-refractivity contribution in [3.8, 4) is 0 Å². The molecule has 5 nitrogen and oxygen atoms in total. The predicted molar refractivity (Wildman–Crippen MR) is 79.3 cm³/mol. The summed E-state index contributed by atoms with van der Waals surface area (Å²) in [7, 11) is 0. The number of ether oxygens (including phenoxy) is 1. The number of rotatable bonds is 3. The molecule has 3 aliphatic heterocycles. The van der Waals surface area contributed by atoms with E-state index < -0.39 is 0 Å². The van der Waals surface area contributed by atoms with Crippen LogP contribution in [0.25, 0.3) is 0 Å². The van der Waals surface area contributed by atoms with Gasteiger partial charge in [0.15, 0.2) is 0 Å². The molecule has 4 rings (SSSR count). The number of hydrogen-bond acceptors (Lipinski definition) is 5. The van der Waals surface area contributed by atoms with E-state index in [1.54, 1.807) is 0 Å². The summed E-state index contributed by atoms with van der Waals surface area (Å²) in [5.41, 5.74) is 2.22. The van der Waals surface area contributed by atoms with Crippen molar-refractivity contribution in [3.05, 3.63) is 17.5 Å². The van der Waals surface area contributed by atoms with Crippen molar-refractivity contribution >= 4 is 5.95 Å². The standard InChI is InChI=1S/C16H23N3O2/c1-3-13-10(2)6-17-15(18-13)19-7-12-11(8-20)14-4-5-16(12,9-19)21-14/h6,11-12,14,20H,3-5,7-9H2,1-2H3/t11-,12+,14+,16+/m0/s1. The van der Waals surface area contributed by atoms with Gasteiger partial charge in [0.2, 0.25) is 5.95 Å². The van der Waals surface area contributed by atoms with Crippen molar-refractivity contribution in [1.29, 1.82) is 0 Å². The van der Waals surface area contributed by atoms with Crippen molar-refractivity contribution in [1.82, 2.24) is 9.97 Å². The van der Waals surface area contributed by atoms with Crippen LogP contribution in [0.5, 0.6) is 0 Å². The Morgan fingerprint density at radius 1 is 1.52 bits per heavy atom. The molecule has 1 aromatic rings. The second-order valence-electron chi connectivity index (χ2n) is 6.75. The maximum absolute atomic E-state index is 9.68. The van der Waals surface area contributed by atoms with Gasteiger partial charge in [-0.15, -0.1) is 0 Å². The maximum atomic E-state index is 9.68. The number of anilines is 1. The molecule has 21 heavy (non-hydrogen) atoms. The molecular weight excluding hydrogens is 266 g/mol. The summed E-state index contributed by atoms with van der Waals surface area (Å²) in [6, 6.07) is 0. The predicted octanol–water partition coefficient (Wildman–Crippen LogP) is 1.32. The van der Waals surface area contributed by atoms with Crippen LogP contribution in [-0.4, -0.2) is 46.5 Å². The van der Waals surface area contributed by atoms with Crippen LogP contribution in [0.15, 0.2) is 6.20 Å². The maximum Gasteiger partial charge on any atom is 0.225 e. The van der Waals surface area contributed by atoms with Gasteiger partial charge in [0, 0.05) is 36.9 Å². The van der Waals surface area contributed by atoms with Gasteiger partial charge in [0.25, 0.3) is 0 Å². The molecule has 1 aromatic heterocycles. The van der Waals surface area contributed by atoms with Crippen LogP contribution >= 0.6 is 0 Å². The van der Waals surface area contributed by atoms with E-state index in [1.807, 2.05) is 6.20 Å². The average Bonchev–Trinajstić information content (AvgIpc) is 3.14. The molecule has 0 aliphatic carbocycles. The molecule has 3 saturated heterocycles.